The van der Waals surface area contributed by atoms with E-state index in [0.29, 0.717) is 0 Å². The summed E-state index contributed by atoms with van der Waals surface area (Å²) in [5, 5.41) is 3.67. The van der Waals surface area contributed by atoms with E-state index in [4.69, 9.17) is 0 Å². The number of thioether (sulfide) groups is 1. The van der Waals surface area contributed by atoms with Crippen molar-refractivity contribution in [2.24, 2.45) is 5.92 Å². The van der Waals surface area contributed by atoms with E-state index in [1.165, 1.54) is 51.2 Å². The maximum atomic E-state index is 3.67. The van der Waals surface area contributed by atoms with Crippen molar-refractivity contribution >= 4 is 11.8 Å². The quantitative estimate of drug-likeness (QED) is 0.765. The third kappa shape index (κ3) is 2.65. The van der Waals surface area contributed by atoms with E-state index >= 15 is 0 Å². The molecule has 2 saturated heterocycles. The summed E-state index contributed by atoms with van der Waals surface area (Å²) in [5.41, 5.74) is 0. The molecule has 2 rings (SSSR count). The zero-order valence-electron chi connectivity index (χ0n) is 9.17. The molecule has 2 fully saturated rings. The lowest BCUT2D eigenvalue weighted by molar-refractivity contribution is 0.120. The van der Waals surface area contributed by atoms with Crippen molar-refractivity contribution in [1.29, 1.82) is 0 Å². The van der Waals surface area contributed by atoms with Crippen molar-refractivity contribution in [1.82, 2.24) is 10.2 Å². The first-order valence-corrected chi connectivity index (χ1v) is 7.24. The fourth-order valence-corrected chi connectivity index (χ4v) is 3.18. The molecule has 2 nitrogen and oxygen atoms in total. The monoisotopic (exact) mass is 214 g/mol. The number of hydrogen-bond donors (Lipinski definition) is 1. The highest BCUT2D eigenvalue weighted by Crippen LogP contribution is 2.24. The molecule has 2 aliphatic heterocycles. The van der Waals surface area contributed by atoms with Crippen LogP contribution in [0, 0.1) is 5.92 Å². The zero-order chi connectivity index (χ0) is 9.80. The number of nitrogens with one attached hydrogen (secondary N) is 1. The topological polar surface area (TPSA) is 15.3 Å². The second kappa shape index (κ2) is 5.38. The Bertz CT molecular complexity index is 175. The van der Waals surface area contributed by atoms with E-state index in [1.54, 1.807) is 0 Å². The molecule has 2 unspecified atom stereocenters. The summed E-state index contributed by atoms with van der Waals surface area (Å²) in [6.45, 7) is 5.21. The summed E-state index contributed by atoms with van der Waals surface area (Å²) >= 11 is 1.97. The summed E-state index contributed by atoms with van der Waals surface area (Å²) in [6, 6.07) is 0.842. The molecular weight excluding hydrogens is 192 g/mol. The molecule has 0 aromatic rings. The minimum Gasteiger partial charge on any atom is -0.314 e. The standard InChI is InChI=1S/C11H22N2S/c1-14-8-7-13-6-4-11-10(9-13)3-2-5-12-11/h10-12H,2-9H2,1H3. The highest BCUT2D eigenvalue weighted by molar-refractivity contribution is 7.98. The Hall–Kier alpha value is 0.270. The lowest BCUT2D eigenvalue weighted by Crippen LogP contribution is -2.52. The van der Waals surface area contributed by atoms with Crippen molar-refractivity contribution in [2.45, 2.75) is 25.3 Å². The Kier molecular flexibility index (Phi) is 4.14. The highest BCUT2D eigenvalue weighted by atomic mass is 32.2. The summed E-state index contributed by atoms with van der Waals surface area (Å²) < 4.78 is 0. The maximum absolute atomic E-state index is 3.67. The van der Waals surface area contributed by atoms with Crippen molar-refractivity contribution < 1.29 is 0 Å². The van der Waals surface area contributed by atoms with Gasteiger partial charge in [-0.3, -0.25) is 0 Å². The van der Waals surface area contributed by atoms with Gasteiger partial charge in [0.05, 0.1) is 0 Å². The molecule has 0 saturated carbocycles. The fourth-order valence-electron chi connectivity index (χ4n) is 2.74. The van der Waals surface area contributed by atoms with E-state index in [0.717, 1.165) is 12.0 Å². The molecule has 0 aromatic heterocycles. The van der Waals surface area contributed by atoms with Crippen LogP contribution in [0.3, 0.4) is 0 Å². The Morgan fingerprint density at radius 1 is 1.43 bits per heavy atom. The molecule has 0 radical (unpaired) electrons. The lowest BCUT2D eigenvalue weighted by atomic mass is 9.85. The van der Waals surface area contributed by atoms with E-state index in [9.17, 15) is 0 Å². The van der Waals surface area contributed by atoms with Gasteiger partial charge < -0.3 is 10.2 Å². The van der Waals surface area contributed by atoms with Gasteiger partial charge in [0.1, 0.15) is 0 Å². The van der Waals surface area contributed by atoms with Crippen molar-refractivity contribution in [3.8, 4) is 0 Å². The van der Waals surface area contributed by atoms with Gasteiger partial charge in [0.15, 0.2) is 0 Å². The molecule has 2 aliphatic rings. The molecule has 14 heavy (non-hydrogen) atoms. The van der Waals surface area contributed by atoms with Crippen LogP contribution in [-0.4, -0.2) is 49.1 Å². The molecule has 0 amide bonds. The van der Waals surface area contributed by atoms with Crippen molar-refractivity contribution in [2.75, 3.05) is 38.2 Å². The average Bonchev–Trinajstić information content (AvgIpc) is 2.26. The Balaban J connectivity index is 1.77. The van der Waals surface area contributed by atoms with Gasteiger partial charge in [-0.25, -0.2) is 0 Å². The largest absolute Gasteiger partial charge is 0.314 e. The first kappa shape index (κ1) is 10.8. The van der Waals surface area contributed by atoms with Crippen LogP contribution in [0.1, 0.15) is 19.3 Å². The Morgan fingerprint density at radius 2 is 2.36 bits per heavy atom. The van der Waals surface area contributed by atoms with Crippen LogP contribution in [0.2, 0.25) is 0 Å². The number of nitrogens with zero attached hydrogens (tertiary/aromatic N) is 1. The fraction of sp³-hybridized carbons (Fsp3) is 1.00. The molecule has 2 heterocycles. The van der Waals surface area contributed by atoms with E-state index in [1.807, 2.05) is 11.8 Å². The molecule has 82 valence electrons. The first-order valence-electron chi connectivity index (χ1n) is 5.85. The number of piperidine rings is 2. The lowest BCUT2D eigenvalue weighted by Gasteiger charge is -2.41. The SMILES string of the molecule is CSCCN1CCC2NCCCC2C1. The van der Waals surface area contributed by atoms with Crippen LogP contribution >= 0.6 is 11.8 Å². The van der Waals surface area contributed by atoms with Gasteiger partial charge >= 0.3 is 0 Å². The number of rotatable bonds is 3. The molecule has 1 N–H and O–H groups in total. The second-order valence-corrected chi connectivity index (χ2v) is 5.53. The first-order chi connectivity index (χ1) is 6.90. The van der Waals surface area contributed by atoms with Gasteiger partial charge in [-0.05, 0) is 44.5 Å². The van der Waals surface area contributed by atoms with Gasteiger partial charge in [-0.15, -0.1) is 0 Å². The predicted molar refractivity (Wildman–Crippen MR) is 64.0 cm³/mol. The van der Waals surface area contributed by atoms with Crippen LogP contribution in [0.5, 0.6) is 0 Å². The minimum atomic E-state index is 0.842. The minimum absolute atomic E-state index is 0.842. The normalized spacial score (nSPS) is 34.1. The van der Waals surface area contributed by atoms with Crippen LogP contribution in [-0.2, 0) is 0 Å². The zero-order valence-corrected chi connectivity index (χ0v) is 9.98. The number of fused-ring (bicyclic) bond motifs is 1. The van der Waals surface area contributed by atoms with Gasteiger partial charge in [0, 0.05) is 24.9 Å². The third-order valence-corrected chi connectivity index (χ3v) is 4.18. The third-order valence-electron chi connectivity index (χ3n) is 3.59. The van der Waals surface area contributed by atoms with E-state index in [2.05, 4.69) is 16.5 Å². The van der Waals surface area contributed by atoms with Gasteiger partial charge in [-0.2, -0.15) is 11.8 Å². The molecule has 0 bridgehead atoms. The van der Waals surface area contributed by atoms with Gasteiger partial charge in [-0.1, -0.05) is 0 Å². The molecule has 2 atom stereocenters. The molecule has 3 heteroatoms. The van der Waals surface area contributed by atoms with Gasteiger partial charge in [0.2, 0.25) is 0 Å². The summed E-state index contributed by atoms with van der Waals surface area (Å²) in [4.78, 5) is 2.66. The van der Waals surface area contributed by atoms with E-state index in [-0.39, 0.29) is 0 Å². The Morgan fingerprint density at radius 3 is 3.21 bits per heavy atom. The van der Waals surface area contributed by atoms with Crippen LogP contribution in [0.15, 0.2) is 0 Å². The van der Waals surface area contributed by atoms with Crippen molar-refractivity contribution in [3.05, 3.63) is 0 Å². The summed E-state index contributed by atoms with van der Waals surface area (Å²) in [7, 11) is 0. The second-order valence-electron chi connectivity index (χ2n) is 4.55. The van der Waals surface area contributed by atoms with Crippen LogP contribution in [0.4, 0.5) is 0 Å². The smallest absolute Gasteiger partial charge is 0.0120 e. The predicted octanol–water partition coefficient (Wildman–Crippen LogP) is 1.42. The summed E-state index contributed by atoms with van der Waals surface area (Å²) in [5.74, 6) is 2.24. The van der Waals surface area contributed by atoms with E-state index < -0.39 is 0 Å². The summed E-state index contributed by atoms with van der Waals surface area (Å²) in [6.07, 6.45) is 6.42. The molecule has 0 aromatic carbocycles. The molecule has 0 spiro atoms. The van der Waals surface area contributed by atoms with Gasteiger partial charge in [0.25, 0.3) is 0 Å². The van der Waals surface area contributed by atoms with Crippen LogP contribution in [0.25, 0.3) is 0 Å². The van der Waals surface area contributed by atoms with Crippen LogP contribution < -0.4 is 5.32 Å². The maximum Gasteiger partial charge on any atom is 0.0120 e. The molecule has 0 aliphatic carbocycles. The number of hydrogen-bond acceptors (Lipinski definition) is 3. The van der Waals surface area contributed by atoms with Crippen molar-refractivity contribution in [3.63, 3.8) is 0 Å². The average molecular weight is 214 g/mol. The number of likely N-dealkylation sites (tertiary alicyclic amines) is 1. The Labute approximate surface area is 91.8 Å². The molecular formula is C11H22N2S. The highest BCUT2D eigenvalue weighted by Gasteiger charge is 2.30.